The van der Waals surface area contributed by atoms with Crippen molar-refractivity contribution in [2.45, 2.75) is 59.8 Å². The number of carboxylic acid groups (broad SMARTS) is 2. The number of hydrogen-bond donors (Lipinski definition) is 2. The highest BCUT2D eigenvalue weighted by Gasteiger charge is 2.11. The van der Waals surface area contributed by atoms with Gasteiger partial charge in [-0.2, -0.15) is 0 Å². The van der Waals surface area contributed by atoms with E-state index < -0.39 is 11.9 Å². The third-order valence-corrected chi connectivity index (χ3v) is 3.15. The molecule has 0 saturated carbocycles. The van der Waals surface area contributed by atoms with E-state index in [0.29, 0.717) is 23.5 Å². The summed E-state index contributed by atoms with van der Waals surface area (Å²) in [5.41, 5.74) is 0.739. The fourth-order valence-electron chi connectivity index (χ4n) is 1.50. The zero-order chi connectivity index (χ0) is 16.1. The van der Waals surface area contributed by atoms with Crippen LogP contribution < -0.4 is 0 Å². The van der Waals surface area contributed by atoms with Crippen molar-refractivity contribution >= 4 is 11.9 Å². The lowest BCUT2D eigenvalue weighted by Gasteiger charge is -2.13. The van der Waals surface area contributed by atoms with Gasteiger partial charge in [0.25, 0.3) is 0 Å². The number of allylic oxidation sites excluding steroid dienone is 1. The fourth-order valence-corrected chi connectivity index (χ4v) is 1.50. The van der Waals surface area contributed by atoms with Gasteiger partial charge >= 0.3 is 11.9 Å². The summed E-state index contributed by atoms with van der Waals surface area (Å²) in [6, 6.07) is 0. The number of rotatable bonds is 8. The molecule has 0 radical (unpaired) electrons. The number of hydrogen-bond acceptors (Lipinski definition) is 2. The molecule has 2 N–H and O–H groups in total. The second-order valence-corrected chi connectivity index (χ2v) is 4.81. The minimum absolute atomic E-state index is 0.350. The SMILES string of the molecule is C=C(CC(CC)CCCC)C(=O)O.CC=C(C)C(=O)O. The van der Waals surface area contributed by atoms with Gasteiger partial charge in [-0.3, -0.25) is 0 Å². The summed E-state index contributed by atoms with van der Waals surface area (Å²) in [7, 11) is 0. The maximum Gasteiger partial charge on any atom is 0.330 e. The van der Waals surface area contributed by atoms with Crippen LogP contribution in [0.1, 0.15) is 59.8 Å². The molecule has 0 bridgehead atoms. The van der Waals surface area contributed by atoms with E-state index in [1.165, 1.54) is 12.8 Å². The molecule has 0 rings (SSSR count). The number of carbonyl (C=O) groups is 2. The van der Waals surface area contributed by atoms with Crippen molar-refractivity contribution in [1.82, 2.24) is 0 Å². The van der Waals surface area contributed by atoms with Crippen LogP contribution in [0, 0.1) is 5.92 Å². The third-order valence-electron chi connectivity index (χ3n) is 3.15. The molecular weight excluding hydrogens is 256 g/mol. The van der Waals surface area contributed by atoms with Crippen molar-refractivity contribution in [1.29, 1.82) is 0 Å². The van der Waals surface area contributed by atoms with E-state index in [-0.39, 0.29) is 0 Å². The van der Waals surface area contributed by atoms with Crippen LogP contribution in [0.15, 0.2) is 23.8 Å². The average molecular weight is 284 g/mol. The maximum absolute atomic E-state index is 10.5. The highest BCUT2D eigenvalue weighted by atomic mass is 16.4. The van der Waals surface area contributed by atoms with Crippen molar-refractivity contribution in [3.8, 4) is 0 Å². The molecule has 1 atom stereocenters. The summed E-state index contributed by atoms with van der Waals surface area (Å²) in [5, 5.41) is 16.8. The van der Waals surface area contributed by atoms with E-state index in [1.807, 2.05) is 0 Å². The van der Waals surface area contributed by atoms with Crippen LogP contribution in [-0.4, -0.2) is 22.2 Å². The molecule has 0 aliphatic rings. The van der Waals surface area contributed by atoms with Crippen molar-refractivity contribution < 1.29 is 19.8 Å². The van der Waals surface area contributed by atoms with Gasteiger partial charge in [0.2, 0.25) is 0 Å². The quantitative estimate of drug-likeness (QED) is 0.653. The number of unbranched alkanes of at least 4 members (excludes halogenated alkanes) is 1. The zero-order valence-electron chi connectivity index (χ0n) is 13.1. The Morgan fingerprint density at radius 3 is 2.00 bits per heavy atom. The van der Waals surface area contributed by atoms with Crippen LogP contribution in [-0.2, 0) is 9.59 Å². The summed E-state index contributed by atoms with van der Waals surface area (Å²) in [4.78, 5) is 20.4. The Morgan fingerprint density at radius 2 is 1.75 bits per heavy atom. The Kier molecular flexibility index (Phi) is 12.9. The van der Waals surface area contributed by atoms with E-state index >= 15 is 0 Å². The summed E-state index contributed by atoms with van der Waals surface area (Å²) >= 11 is 0. The van der Waals surface area contributed by atoms with Gasteiger partial charge in [-0.25, -0.2) is 9.59 Å². The Bertz CT molecular complexity index is 342. The minimum Gasteiger partial charge on any atom is -0.478 e. The predicted octanol–water partition coefficient (Wildman–Crippen LogP) is 4.27. The van der Waals surface area contributed by atoms with Gasteiger partial charge in [0.15, 0.2) is 0 Å². The predicted molar refractivity (Wildman–Crippen MR) is 81.8 cm³/mol. The molecule has 0 aromatic rings. The third kappa shape index (κ3) is 11.5. The van der Waals surface area contributed by atoms with Crippen molar-refractivity contribution in [2.75, 3.05) is 0 Å². The van der Waals surface area contributed by atoms with Crippen LogP contribution >= 0.6 is 0 Å². The van der Waals surface area contributed by atoms with Crippen LogP contribution in [0.2, 0.25) is 0 Å². The topological polar surface area (TPSA) is 74.6 Å². The monoisotopic (exact) mass is 284 g/mol. The lowest BCUT2D eigenvalue weighted by molar-refractivity contribution is -0.133. The maximum atomic E-state index is 10.5. The molecule has 0 amide bonds. The molecule has 20 heavy (non-hydrogen) atoms. The first-order valence-corrected chi connectivity index (χ1v) is 7.07. The van der Waals surface area contributed by atoms with Gasteiger partial charge in [0.05, 0.1) is 0 Å². The van der Waals surface area contributed by atoms with Crippen LogP contribution in [0.4, 0.5) is 0 Å². The van der Waals surface area contributed by atoms with Crippen LogP contribution in [0.5, 0.6) is 0 Å². The highest BCUT2D eigenvalue weighted by molar-refractivity contribution is 5.86. The molecule has 0 spiro atoms. The minimum atomic E-state index is -0.852. The van der Waals surface area contributed by atoms with Gasteiger partial charge in [0, 0.05) is 11.1 Å². The smallest absolute Gasteiger partial charge is 0.330 e. The van der Waals surface area contributed by atoms with Crippen LogP contribution in [0.25, 0.3) is 0 Å². The molecule has 1 unspecified atom stereocenters. The molecule has 0 saturated heterocycles. The van der Waals surface area contributed by atoms with Gasteiger partial charge in [-0.15, -0.1) is 0 Å². The fraction of sp³-hybridized carbons (Fsp3) is 0.625. The molecule has 0 aliphatic heterocycles. The summed E-state index contributed by atoms with van der Waals surface area (Å²) < 4.78 is 0. The Balaban J connectivity index is 0. The highest BCUT2D eigenvalue weighted by Crippen LogP contribution is 2.20. The molecule has 0 fully saturated rings. The zero-order valence-corrected chi connectivity index (χ0v) is 13.1. The number of carboxylic acids is 2. The van der Waals surface area contributed by atoms with Gasteiger partial charge in [-0.05, 0) is 26.2 Å². The summed E-state index contributed by atoms with van der Waals surface area (Å²) in [6.07, 6.45) is 6.74. The number of aliphatic carboxylic acids is 2. The Morgan fingerprint density at radius 1 is 1.20 bits per heavy atom. The molecule has 0 aromatic heterocycles. The summed E-state index contributed by atoms with van der Waals surface area (Å²) in [6.45, 7) is 11.1. The second kappa shape index (κ2) is 12.5. The lowest BCUT2D eigenvalue weighted by Crippen LogP contribution is -2.06. The van der Waals surface area contributed by atoms with Gasteiger partial charge in [0.1, 0.15) is 0 Å². The molecule has 116 valence electrons. The molecule has 4 nitrogen and oxygen atoms in total. The second-order valence-electron chi connectivity index (χ2n) is 4.81. The Labute approximate surface area is 122 Å². The first kappa shape index (κ1) is 20.7. The van der Waals surface area contributed by atoms with Crippen molar-refractivity contribution in [2.24, 2.45) is 5.92 Å². The van der Waals surface area contributed by atoms with Crippen LogP contribution in [0.3, 0.4) is 0 Å². The molecule has 4 heteroatoms. The van der Waals surface area contributed by atoms with Crippen molar-refractivity contribution in [3.05, 3.63) is 23.8 Å². The van der Waals surface area contributed by atoms with E-state index in [0.717, 1.165) is 12.8 Å². The first-order chi connectivity index (χ1) is 9.29. The standard InChI is InChI=1S/C11H20O2.C5H8O2/c1-4-6-7-10(5-2)8-9(3)11(12)13;1-3-4(2)5(6)7/h10H,3-8H2,1-2H3,(H,12,13);3H,1-2H3,(H,6,7). The molecule has 0 heterocycles. The largest absolute Gasteiger partial charge is 0.478 e. The lowest BCUT2D eigenvalue weighted by atomic mass is 9.92. The van der Waals surface area contributed by atoms with Gasteiger partial charge < -0.3 is 10.2 Å². The molecule has 0 aliphatic carbocycles. The van der Waals surface area contributed by atoms with Crippen molar-refractivity contribution in [3.63, 3.8) is 0 Å². The van der Waals surface area contributed by atoms with E-state index in [9.17, 15) is 9.59 Å². The van der Waals surface area contributed by atoms with E-state index in [2.05, 4.69) is 20.4 Å². The van der Waals surface area contributed by atoms with E-state index in [1.54, 1.807) is 19.9 Å². The molecule has 0 aromatic carbocycles. The van der Waals surface area contributed by atoms with Gasteiger partial charge in [-0.1, -0.05) is 52.2 Å². The molecular formula is C16H28O4. The Hall–Kier alpha value is -1.58. The van der Waals surface area contributed by atoms with E-state index in [4.69, 9.17) is 10.2 Å². The first-order valence-electron chi connectivity index (χ1n) is 7.07. The average Bonchev–Trinajstić information content (AvgIpc) is 2.42. The normalized spacial score (nSPS) is 12.1. The summed E-state index contributed by atoms with van der Waals surface area (Å²) in [5.74, 6) is -1.19.